The quantitative estimate of drug-likeness (QED) is 0.742. The molecule has 1 N–H and O–H groups in total. The highest BCUT2D eigenvalue weighted by Gasteiger charge is 2.40. The van der Waals surface area contributed by atoms with Gasteiger partial charge in [0.05, 0.1) is 11.5 Å². The Labute approximate surface area is 111 Å². The van der Waals surface area contributed by atoms with Crippen LogP contribution in [0.3, 0.4) is 0 Å². The Bertz CT molecular complexity index is 271. The lowest BCUT2D eigenvalue weighted by Crippen LogP contribution is -2.35. The Hall–Kier alpha value is -0.570. The van der Waals surface area contributed by atoms with E-state index in [1.165, 1.54) is 0 Å². The lowest BCUT2D eigenvalue weighted by atomic mass is 9.82. The topological polar surface area (TPSA) is 46.5 Å². The van der Waals surface area contributed by atoms with E-state index >= 15 is 0 Å². The summed E-state index contributed by atoms with van der Waals surface area (Å²) in [5, 5.41) is 10.5. The number of ether oxygens (including phenoxy) is 1. The monoisotopic (exact) mass is 256 g/mol. The number of hydrogen-bond donors (Lipinski definition) is 1. The lowest BCUT2D eigenvalue weighted by Gasteiger charge is -2.32. The number of rotatable bonds is 6. The summed E-state index contributed by atoms with van der Waals surface area (Å²) in [6.07, 6.45) is 5.08. The van der Waals surface area contributed by atoms with Gasteiger partial charge in [0, 0.05) is 0 Å². The fourth-order valence-corrected chi connectivity index (χ4v) is 2.81. The summed E-state index contributed by atoms with van der Waals surface area (Å²) in [5.41, 5.74) is -0.572. The summed E-state index contributed by atoms with van der Waals surface area (Å²) in [7, 11) is 0. The van der Waals surface area contributed by atoms with E-state index in [-0.39, 0.29) is 23.9 Å². The maximum atomic E-state index is 11.7. The van der Waals surface area contributed by atoms with Gasteiger partial charge in [-0.15, -0.1) is 0 Å². The van der Waals surface area contributed by atoms with Gasteiger partial charge in [0.25, 0.3) is 0 Å². The molecule has 106 valence electrons. The molecule has 0 saturated heterocycles. The molecule has 0 aromatic carbocycles. The Morgan fingerprint density at radius 2 is 1.94 bits per heavy atom. The summed E-state index contributed by atoms with van der Waals surface area (Å²) >= 11 is 0. The molecule has 0 heterocycles. The van der Waals surface area contributed by atoms with Crippen LogP contribution in [0.4, 0.5) is 0 Å². The molecule has 1 aliphatic carbocycles. The Morgan fingerprint density at radius 3 is 2.44 bits per heavy atom. The van der Waals surface area contributed by atoms with Crippen LogP contribution in [0.15, 0.2) is 0 Å². The van der Waals surface area contributed by atoms with Crippen LogP contribution in [-0.2, 0) is 9.53 Å². The van der Waals surface area contributed by atoms with E-state index in [1.807, 2.05) is 27.7 Å². The van der Waals surface area contributed by atoms with E-state index in [0.29, 0.717) is 0 Å². The largest absolute Gasteiger partial charge is 0.462 e. The first-order chi connectivity index (χ1) is 8.46. The smallest absolute Gasteiger partial charge is 0.308 e. The second-order valence-electron chi connectivity index (χ2n) is 5.69. The van der Waals surface area contributed by atoms with Gasteiger partial charge in [0.1, 0.15) is 6.10 Å². The van der Waals surface area contributed by atoms with Crippen molar-refractivity contribution in [1.82, 2.24) is 0 Å². The summed E-state index contributed by atoms with van der Waals surface area (Å²) in [6, 6.07) is 0. The Kier molecular flexibility index (Phi) is 5.64. The first-order valence-electron chi connectivity index (χ1n) is 7.39. The molecule has 0 bridgehead atoms. The van der Waals surface area contributed by atoms with Crippen molar-refractivity contribution in [1.29, 1.82) is 0 Å². The number of aliphatic hydroxyl groups is 1. The molecule has 3 nitrogen and oxygen atoms in total. The maximum absolute atomic E-state index is 11.7. The average molecular weight is 256 g/mol. The Morgan fingerprint density at radius 1 is 1.33 bits per heavy atom. The van der Waals surface area contributed by atoms with Crippen molar-refractivity contribution in [3.05, 3.63) is 0 Å². The third-order valence-electron chi connectivity index (χ3n) is 4.67. The van der Waals surface area contributed by atoms with Crippen molar-refractivity contribution in [2.24, 2.45) is 11.8 Å². The molecule has 3 atom stereocenters. The van der Waals surface area contributed by atoms with E-state index in [2.05, 4.69) is 0 Å². The van der Waals surface area contributed by atoms with Gasteiger partial charge in [-0.1, -0.05) is 27.7 Å². The molecule has 1 saturated carbocycles. The standard InChI is InChI=1S/C15H28O3/c1-5-11(4)14(16)18-13-9-8-12(10-13)15(17,6-2)7-3/h11-13,17H,5-10H2,1-4H3. The molecular weight excluding hydrogens is 228 g/mol. The minimum atomic E-state index is -0.572. The first-order valence-corrected chi connectivity index (χ1v) is 7.39. The number of carbonyl (C=O) groups is 1. The van der Waals surface area contributed by atoms with E-state index < -0.39 is 5.60 Å². The maximum Gasteiger partial charge on any atom is 0.308 e. The summed E-state index contributed by atoms with van der Waals surface area (Å²) in [5.74, 6) is 0.183. The highest BCUT2D eigenvalue weighted by atomic mass is 16.5. The van der Waals surface area contributed by atoms with Crippen molar-refractivity contribution in [3.8, 4) is 0 Å². The highest BCUT2D eigenvalue weighted by Crippen LogP contribution is 2.39. The van der Waals surface area contributed by atoms with Crippen molar-refractivity contribution in [2.75, 3.05) is 0 Å². The SMILES string of the molecule is CCC(C)C(=O)OC1CCC(C(O)(CC)CC)C1. The van der Waals surface area contributed by atoms with Crippen molar-refractivity contribution in [2.45, 2.75) is 77.9 Å². The van der Waals surface area contributed by atoms with Crippen LogP contribution >= 0.6 is 0 Å². The van der Waals surface area contributed by atoms with E-state index in [1.54, 1.807) is 0 Å². The molecule has 1 aliphatic rings. The molecule has 1 fully saturated rings. The lowest BCUT2D eigenvalue weighted by molar-refractivity contribution is -0.153. The predicted octanol–water partition coefficient (Wildman–Crippen LogP) is 3.30. The zero-order valence-electron chi connectivity index (χ0n) is 12.2. The van der Waals surface area contributed by atoms with Gasteiger partial charge < -0.3 is 9.84 Å². The fraction of sp³-hybridized carbons (Fsp3) is 0.933. The second-order valence-corrected chi connectivity index (χ2v) is 5.69. The molecule has 3 heteroatoms. The van der Waals surface area contributed by atoms with Gasteiger partial charge in [-0.3, -0.25) is 4.79 Å². The van der Waals surface area contributed by atoms with Gasteiger partial charge in [0.15, 0.2) is 0 Å². The van der Waals surface area contributed by atoms with Crippen LogP contribution in [0.5, 0.6) is 0 Å². The van der Waals surface area contributed by atoms with Gasteiger partial charge in [-0.25, -0.2) is 0 Å². The van der Waals surface area contributed by atoms with Crippen LogP contribution < -0.4 is 0 Å². The zero-order chi connectivity index (χ0) is 13.8. The molecule has 1 rings (SSSR count). The molecule has 0 amide bonds. The molecule has 0 radical (unpaired) electrons. The van der Waals surface area contributed by atoms with Gasteiger partial charge in [-0.05, 0) is 44.4 Å². The average Bonchev–Trinajstić information content (AvgIpc) is 2.85. The van der Waals surface area contributed by atoms with Crippen LogP contribution in [0.2, 0.25) is 0 Å². The predicted molar refractivity (Wildman–Crippen MR) is 72.2 cm³/mol. The Balaban J connectivity index is 2.49. The van der Waals surface area contributed by atoms with Crippen LogP contribution in [0.1, 0.15) is 66.2 Å². The third kappa shape index (κ3) is 3.47. The third-order valence-corrected chi connectivity index (χ3v) is 4.67. The molecule has 18 heavy (non-hydrogen) atoms. The van der Waals surface area contributed by atoms with Gasteiger partial charge >= 0.3 is 5.97 Å². The van der Waals surface area contributed by atoms with Gasteiger partial charge in [-0.2, -0.15) is 0 Å². The van der Waals surface area contributed by atoms with Crippen molar-refractivity contribution in [3.63, 3.8) is 0 Å². The molecule has 0 aromatic heterocycles. The minimum Gasteiger partial charge on any atom is -0.462 e. The first kappa shape index (κ1) is 15.5. The second kappa shape index (κ2) is 6.55. The van der Waals surface area contributed by atoms with E-state index in [9.17, 15) is 9.90 Å². The fourth-order valence-electron chi connectivity index (χ4n) is 2.81. The molecule has 3 unspecified atom stereocenters. The van der Waals surface area contributed by atoms with Gasteiger partial charge in [0.2, 0.25) is 0 Å². The highest BCUT2D eigenvalue weighted by molar-refractivity contribution is 5.72. The van der Waals surface area contributed by atoms with Crippen molar-refractivity contribution < 1.29 is 14.6 Å². The van der Waals surface area contributed by atoms with E-state index in [0.717, 1.165) is 38.5 Å². The normalized spacial score (nSPS) is 26.1. The summed E-state index contributed by atoms with van der Waals surface area (Å²) in [4.78, 5) is 11.7. The minimum absolute atomic E-state index is 0.0136. The molecule has 0 aliphatic heterocycles. The molecular formula is C15H28O3. The molecule has 0 aromatic rings. The van der Waals surface area contributed by atoms with Crippen LogP contribution in [-0.4, -0.2) is 22.8 Å². The van der Waals surface area contributed by atoms with E-state index in [4.69, 9.17) is 4.74 Å². The van der Waals surface area contributed by atoms with Crippen LogP contribution in [0.25, 0.3) is 0 Å². The van der Waals surface area contributed by atoms with Crippen molar-refractivity contribution >= 4 is 5.97 Å². The number of hydrogen-bond acceptors (Lipinski definition) is 3. The summed E-state index contributed by atoms with van der Waals surface area (Å²) < 4.78 is 5.53. The number of esters is 1. The van der Waals surface area contributed by atoms with Crippen LogP contribution in [0, 0.1) is 11.8 Å². The summed E-state index contributed by atoms with van der Waals surface area (Å²) in [6.45, 7) is 7.96. The zero-order valence-corrected chi connectivity index (χ0v) is 12.2. The number of carbonyl (C=O) groups excluding carboxylic acids is 1. The molecule has 0 spiro atoms.